The van der Waals surface area contributed by atoms with E-state index in [0.29, 0.717) is 12.0 Å². The van der Waals surface area contributed by atoms with E-state index in [1.54, 1.807) is 0 Å². The number of carbonyl (C=O) groups excluding carboxylic acids is 1. The van der Waals surface area contributed by atoms with Gasteiger partial charge in [0.05, 0.1) is 0 Å². The number of likely N-dealkylation sites (tertiary alicyclic amines) is 1. The molecule has 1 saturated heterocycles. The predicted molar refractivity (Wildman–Crippen MR) is 96.9 cm³/mol. The van der Waals surface area contributed by atoms with Crippen LogP contribution in [0.15, 0.2) is 24.3 Å². The molecule has 1 fully saturated rings. The fraction of sp³-hybridized carbons (Fsp3) is 0.650. The average molecular weight is 316 g/mol. The van der Waals surface area contributed by atoms with E-state index in [1.165, 1.54) is 12.0 Å². The molecule has 2 rings (SSSR count). The minimum atomic E-state index is 0.123. The maximum absolute atomic E-state index is 12.6. The molecule has 0 aromatic heterocycles. The van der Waals surface area contributed by atoms with E-state index in [2.05, 4.69) is 51.7 Å². The molecular weight excluding hydrogens is 284 g/mol. The Morgan fingerprint density at radius 3 is 2.35 bits per heavy atom. The van der Waals surface area contributed by atoms with Crippen molar-refractivity contribution >= 4 is 5.91 Å². The van der Waals surface area contributed by atoms with Crippen LogP contribution in [0.3, 0.4) is 0 Å². The van der Waals surface area contributed by atoms with Gasteiger partial charge >= 0.3 is 0 Å². The van der Waals surface area contributed by atoms with Gasteiger partial charge in [0.1, 0.15) is 0 Å². The molecule has 3 heteroatoms. The quantitative estimate of drug-likeness (QED) is 0.844. The van der Waals surface area contributed by atoms with Crippen LogP contribution in [0, 0.1) is 5.92 Å². The standard InChI is InChI=1S/C20H32N2O/c1-15(2)22-12-11-16(14-22)13-21(6)19(23)17-7-9-18(10-8-17)20(3,4)5/h7-10,15-16H,11-14H2,1-6H3. The van der Waals surface area contributed by atoms with Crippen molar-refractivity contribution in [3.8, 4) is 0 Å². The Hall–Kier alpha value is -1.35. The van der Waals surface area contributed by atoms with Crippen molar-refractivity contribution in [3.05, 3.63) is 35.4 Å². The van der Waals surface area contributed by atoms with Crippen LogP contribution in [-0.2, 0) is 5.41 Å². The second-order valence-electron chi connectivity index (χ2n) is 8.26. The minimum absolute atomic E-state index is 0.123. The monoisotopic (exact) mass is 316 g/mol. The van der Waals surface area contributed by atoms with Crippen LogP contribution >= 0.6 is 0 Å². The maximum atomic E-state index is 12.6. The van der Waals surface area contributed by atoms with E-state index in [4.69, 9.17) is 0 Å². The summed E-state index contributed by atoms with van der Waals surface area (Å²) in [6.45, 7) is 14.2. The molecule has 0 radical (unpaired) electrons. The zero-order chi connectivity index (χ0) is 17.2. The number of amides is 1. The molecular formula is C20H32N2O. The average Bonchev–Trinajstić information content (AvgIpc) is 2.94. The van der Waals surface area contributed by atoms with Crippen molar-refractivity contribution in [2.24, 2.45) is 5.92 Å². The summed E-state index contributed by atoms with van der Waals surface area (Å²) in [5.74, 6) is 0.730. The summed E-state index contributed by atoms with van der Waals surface area (Å²) in [6.07, 6.45) is 1.19. The number of carbonyl (C=O) groups is 1. The van der Waals surface area contributed by atoms with Gasteiger partial charge in [0, 0.05) is 31.7 Å². The predicted octanol–water partition coefficient (Wildman–Crippen LogP) is 3.79. The zero-order valence-corrected chi connectivity index (χ0v) is 15.6. The molecule has 128 valence electrons. The molecule has 1 aromatic rings. The molecule has 1 atom stereocenters. The lowest BCUT2D eigenvalue weighted by atomic mass is 9.86. The first-order valence-electron chi connectivity index (χ1n) is 8.78. The maximum Gasteiger partial charge on any atom is 0.253 e. The molecule has 0 saturated carbocycles. The lowest BCUT2D eigenvalue weighted by Crippen LogP contribution is -2.34. The highest BCUT2D eigenvalue weighted by Gasteiger charge is 2.26. The van der Waals surface area contributed by atoms with Gasteiger partial charge in [0.2, 0.25) is 0 Å². The third kappa shape index (κ3) is 4.57. The van der Waals surface area contributed by atoms with Crippen molar-refractivity contribution in [3.63, 3.8) is 0 Å². The minimum Gasteiger partial charge on any atom is -0.341 e. The second kappa shape index (κ2) is 7.04. The van der Waals surface area contributed by atoms with Gasteiger partial charge in [-0.05, 0) is 55.8 Å². The van der Waals surface area contributed by atoms with Gasteiger partial charge in [-0.2, -0.15) is 0 Å². The van der Waals surface area contributed by atoms with E-state index in [0.717, 1.165) is 25.2 Å². The Morgan fingerprint density at radius 1 is 1.26 bits per heavy atom. The van der Waals surface area contributed by atoms with Gasteiger partial charge in [-0.25, -0.2) is 0 Å². The largest absolute Gasteiger partial charge is 0.341 e. The van der Waals surface area contributed by atoms with Crippen molar-refractivity contribution in [2.45, 2.75) is 52.5 Å². The molecule has 1 aliphatic heterocycles. The smallest absolute Gasteiger partial charge is 0.253 e. The molecule has 1 amide bonds. The SMILES string of the molecule is CC(C)N1CCC(CN(C)C(=O)c2ccc(C(C)(C)C)cc2)C1. The van der Waals surface area contributed by atoms with E-state index in [-0.39, 0.29) is 11.3 Å². The second-order valence-corrected chi connectivity index (χ2v) is 8.26. The lowest BCUT2D eigenvalue weighted by molar-refractivity contribution is 0.0772. The summed E-state index contributed by atoms with van der Waals surface area (Å²) < 4.78 is 0. The Balaban J connectivity index is 1.95. The Morgan fingerprint density at radius 2 is 1.87 bits per heavy atom. The lowest BCUT2D eigenvalue weighted by Gasteiger charge is -2.24. The summed E-state index contributed by atoms with van der Waals surface area (Å²) in [6, 6.07) is 8.70. The number of hydrogen-bond donors (Lipinski definition) is 0. The highest BCUT2D eigenvalue weighted by Crippen LogP contribution is 2.23. The van der Waals surface area contributed by atoms with Gasteiger partial charge in [-0.3, -0.25) is 4.79 Å². The summed E-state index contributed by atoms with van der Waals surface area (Å²) >= 11 is 0. The van der Waals surface area contributed by atoms with Crippen molar-refractivity contribution in [1.82, 2.24) is 9.80 Å². The van der Waals surface area contributed by atoms with Gasteiger partial charge in [0.15, 0.2) is 0 Å². The van der Waals surface area contributed by atoms with Crippen LogP contribution in [0.2, 0.25) is 0 Å². The highest BCUT2D eigenvalue weighted by atomic mass is 16.2. The van der Waals surface area contributed by atoms with Crippen LogP contribution in [0.1, 0.15) is 57.0 Å². The van der Waals surface area contributed by atoms with Crippen LogP contribution in [0.25, 0.3) is 0 Å². The number of benzene rings is 1. The Kier molecular flexibility index (Phi) is 5.51. The molecule has 1 unspecified atom stereocenters. The third-order valence-corrected chi connectivity index (χ3v) is 4.92. The van der Waals surface area contributed by atoms with Crippen molar-refractivity contribution in [2.75, 3.05) is 26.7 Å². The fourth-order valence-electron chi connectivity index (χ4n) is 3.28. The molecule has 0 bridgehead atoms. The zero-order valence-electron chi connectivity index (χ0n) is 15.6. The van der Waals surface area contributed by atoms with E-state index >= 15 is 0 Å². The first-order chi connectivity index (χ1) is 10.7. The van der Waals surface area contributed by atoms with Crippen LogP contribution < -0.4 is 0 Å². The Labute approximate surface area is 141 Å². The number of rotatable bonds is 4. The summed E-state index contributed by atoms with van der Waals surface area (Å²) in [4.78, 5) is 17.0. The summed E-state index contributed by atoms with van der Waals surface area (Å²) in [5, 5.41) is 0. The van der Waals surface area contributed by atoms with Crippen LogP contribution in [0.4, 0.5) is 0 Å². The van der Waals surface area contributed by atoms with Gasteiger partial charge in [-0.1, -0.05) is 32.9 Å². The fourth-order valence-corrected chi connectivity index (χ4v) is 3.28. The van der Waals surface area contributed by atoms with Gasteiger partial charge < -0.3 is 9.80 Å². The molecule has 1 heterocycles. The first kappa shape index (κ1) is 18.0. The van der Waals surface area contributed by atoms with Crippen molar-refractivity contribution in [1.29, 1.82) is 0 Å². The van der Waals surface area contributed by atoms with E-state index in [9.17, 15) is 4.79 Å². The Bertz CT molecular complexity index is 528. The summed E-state index contributed by atoms with van der Waals surface area (Å²) in [5.41, 5.74) is 2.18. The number of hydrogen-bond acceptors (Lipinski definition) is 2. The molecule has 0 N–H and O–H groups in total. The molecule has 1 aliphatic rings. The molecule has 3 nitrogen and oxygen atoms in total. The third-order valence-electron chi connectivity index (χ3n) is 4.92. The van der Waals surface area contributed by atoms with Gasteiger partial charge in [-0.15, -0.1) is 0 Å². The highest BCUT2D eigenvalue weighted by molar-refractivity contribution is 5.94. The first-order valence-corrected chi connectivity index (χ1v) is 8.78. The van der Waals surface area contributed by atoms with Crippen molar-refractivity contribution < 1.29 is 4.79 Å². The molecule has 0 spiro atoms. The normalized spacial score (nSPS) is 19.3. The van der Waals surface area contributed by atoms with Crippen LogP contribution in [-0.4, -0.2) is 48.4 Å². The summed E-state index contributed by atoms with van der Waals surface area (Å²) in [7, 11) is 1.93. The number of nitrogens with zero attached hydrogens (tertiary/aromatic N) is 2. The van der Waals surface area contributed by atoms with E-state index < -0.39 is 0 Å². The molecule has 1 aromatic carbocycles. The van der Waals surface area contributed by atoms with Gasteiger partial charge in [0.25, 0.3) is 5.91 Å². The molecule has 23 heavy (non-hydrogen) atoms. The molecule has 0 aliphatic carbocycles. The van der Waals surface area contributed by atoms with Crippen LogP contribution in [0.5, 0.6) is 0 Å². The topological polar surface area (TPSA) is 23.6 Å². The van der Waals surface area contributed by atoms with E-state index in [1.807, 2.05) is 24.1 Å².